The van der Waals surface area contributed by atoms with Gasteiger partial charge in [-0.05, 0) is 6.42 Å². The van der Waals surface area contributed by atoms with Gasteiger partial charge in [0.05, 0.1) is 0 Å². The highest BCUT2D eigenvalue weighted by Gasteiger charge is 2.26. The molecule has 5 heteroatoms. The average molecular weight is 209 g/mol. The topological polar surface area (TPSA) is 61.4 Å². The quantitative estimate of drug-likeness (QED) is 0.530. The van der Waals surface area contributed by atoms with Crippen molar-refractivity contribution < 1.29 is 9.59 Å². The summed E-state index contributed by atoms with van der Waals surface area (Å²) in [5.41, 5.74) is 0. The first-order chi connectivity index (χ1) is 7.27. The first-order valence-electron chi connectivity index (χ1n) is 5.25. The van der Waals surface area contributed by atoms with Crippen LogP contribution in [0.3, 0.4) is 0 Å². The molecule has 1 fully saturated rings. The van der Waals surface area contributed by atoms with Crippen LogP contribution < -0.4 is 10.6 Å². The van der Waals surface area contributed by atoms with E-state index in [0.29, 0.717) is 6.54 Å². The Bertz CT molecular complexity index is 301. The molecular formula is C10H15N3O2. The number of hydrogen-bond acceptors (Lipinski definition) is 3. The molecule has 2 amide bonds. The molecule has 2 N–H and O–H groups in total. The van der Waals surface area contributed by atoms with E-state index in [1.807, 2.05) is 0 Å². The second-order valence-electron chi connectivity index (χ2n) is 3.78. The Morgan fingerprint density at radius 3 is 2.93 bits per heavy atom. The molecule has 2 aliphatic heterocycles. The van der Waals surface area contributed by atoms with Gasteiger partial charge in [-0.15, -0.1) is 0 Å². The highest BCUT2D eigenvalue weighted by atomic mass is 16.2. The van der Waals surface area contributed by atoms with E-state index in [9.17, 15) is 9.59 Å². The number of carbonyl (C=O) groups excluding carboxylic acids is 2. The maximum absolute atomic E-state index is 11.7. The lowest BCUT2D eigenvalue weighted by atomic mass is 10.2. The number of hydrogen-bond donors (Lipinski definition) is 2. The summed E-state index contributed by atoms with van der Waals surface area (Å²) in [6.45, 7) is 2.95. The predicted octanol–water partition coefficient (Wildman–Crippen LogP) is -1.14. The molecule has 0 saturated carbocycles. The summed E-state index contributed by atoms with van der Waals surface area (Å²) in [4.78, 5) is 24.9. The van der Waals surface area contributed by atoms with Crippen molar-refractivity contribution in [3.8, 4) is 0 Å². The lowest BCUT2D eigenvalue weighted by molar-refractivity contribution is -0.124. The minimum Gasteiger partial charge on any atom is -0.354 e. The van der Waals surface area contributed by atoms with Crippen LogP contribution in [0.25, 0.3) is 0 Å². The fourth-order valence-corrected chi connectivity index (χ4v) is 1.92. The van der Waals surface area contributed by atoms with Gasteiger partial charge >= 0.3 is 0 Å². The van der Waals surface area contributed by atoms with Gasteiger partial charge in [-0.2, -0.15) is 0 Å². The number of amides is 2. The Labute approximate surface area is 88.5 Å². The third-order valence-corrected chi connectivity index (χ3v) is 2.71. The molecule has 0 aliphatic carbocycles. The van der Waals surface area contributed by atoms with E-state index in [-0.39, 0.29) is 17.9 Å². The average Bonchev–Trinajstić information content (AvgIpc) is 2.35. The van der Waals surface area contributed by atoms with Crippen molar-refractivity contribution in [3.05, 3.63) is 12.2 Å². The smallest absolute Gasteiger partial charge is 0.243 e. The Morgan fingerprint density at radius 1 is 1.20 bits per heavy atom. The van der Waals surface area contributed by atoms with Gasteiger partial charge in [0.15, 0.2) is 0 Å². The minimum atomic E-state index is -0.279. The van der Waals surface area contributed by atoms with Gasteiger partial charge in [-0.3, -0.25) is 14.5 Å². The molecule has 1 atom stereocenters. The van der Waals surface area contributed by atoms with E-state index < -0.39 is 0 Å². The van der Waals surface area contributed by atoms with Gasteiger partial charge in [-0.1, -0.05) is 6.08 Å². The molecule has 0 aromatic heterocycles. The second kappa shape index (κ2) is 4.44. The molecule has 2 heterocycles. The number of nitrogens with one attached hydrogen (secondary N) is 2. The first kappa shape index (κ1) is 10.2. The molecule has 82 valence electrons. The maximum Gasteiger partial charge on any atom is 0.243 e. The van der Waals surface area contributed by atoms with Crippen molar-refractivity contribution >= 4 is 11.8 Å². The van der Waals surface area contributed by atoms with Gasteiger partial charge in [0.25, 0.3) is 0 Å². The van der Waals surface area contributed by atoms with Crippen molar-refractivity contribution in [2.45, 2.75) is 12.5 Å². The molecule has 2 rings (SSSR count). The molecule has 2 aliphatic rings. The number of fused-ring (bicyclic) bond motifs is 1. The molecule has 0 radical (unpaired) electrons. The summed E-state index contributed by atoms with van der Waals surface area (Å²) in [5, 5.41) is 5.60. The van der Waals surface area contributed by atoms with E-state index >= 15 is 0 Å². The third kappa shape index (κ3) is 2.36. The van der Waals surface area contributed by atoms with E-state index in [1.165, 1.54) is 6.08 Å². The summed E-state index contributed by atoms with van der Waals surface area (Å²) in [5.74, 6) is -0.120. The Balaban J connectivity index is 2.18. The molecule has 0 aromatic rings. The lowest BCUT2D eigenvalue weighted by Gasteiger charge is -2.27. The lowest BCUT2D eigenvalue weighted by Crippen LogP contribution is -2.47. The summed E-state index contributed by atoms with van der Waals surface area (Å²) >= 11 is 0. The molecule has 15 heavy (non-hydrogen) atoms. The fraction of sp³-hybridized carbons (Fsp3) is 0.600. The molecule has 0 bridgehead atoms. The van der Waals surface area contributed by atoms with Crippen LogP contribution in [0.5, 0.6) is 0 Å². The zero-order valence-electron chi connectivity index (χ0n) is 8.53. The summed E-state index contributed by atoms with van der Waals surface area (Å²) < 4.78 is 0. The SMILES string of the molecule is O=C1/C=C\C2C(=O)NCCCN2CCN1. The van der Waals surface area contributed by atoms with Crippen LogP contribution in [0.1, 0.15) is 6.42 Å². The van der Waals surface area contributed by atoms with E-state index in [4.69, 9.17) is 0 Å². The Kier molecular flexibility index (Phi) is 3.01. The third-order valence-electron chi connectivity index (χ3n) is 2.71. The summed E-state index contributed by atoms with van der Waals surface area (Å²) in [6, 6.07) is -0.279. The number of rotatable bonds is 0. The van der Waals surface area contributed by atoms with Crippen LogP contribution in [0, 0.1) is 0 Å². The molecule has 0 spiro atoms. The zero-order valence-corrected chi connectivity index (χ0v) is 8.53. The van der Waals surface area contributed by atoms with Gasteiger partial charge in [0, 0.05) is 32.3 Å². The molecule has 1 unspecified atom stereocenters. The Hall–Kier alpha value is -1.36. The second-order valence-corrected chi connectivity index (χ2v) is 3.78. The first-order valence-corrected chi connectivity index (χ1v) is 5.25. The van der Waals surface area contributed by atoms with Crippen molar-refractivity contribution in [1.29, 1.82) is 0 Å². The van der Waals surface area contributed by atoms with E-state index in [1.54, 1.807) is 6.08 Å². The van der Waals surface area contributed by atoms with Gasteiger partial charge in [0.2, 0.25) is 11.8 Å². The van der Waals surface area contributed by atoms with Crippen LogP contribution >= 0.6 is 0 Å². The van der Waals surface area contributed by atoms with E-state index in [2.05, 4.69) is 15.5 Å². The standard InChI is InChI=1S/C10H15N3O2/c14-9-3-2-8-10(15)12-4-1-6-13(8)7-5-11-9/h2-3,8H,1,4-7H2,(H,11,14)(H,12,15)/b3-2-. The van der Waals surface area contributed by atoms with Crippen LogP contribution in [-0.2, 0) is 9.59 Å². The van der Waals surface area contributed by atoms with Crippen molar-refractivity contribution in [3.63, 3.8) is 0 Å². The molecular weight excluding hydrogens is 194 g/mol. The van der Waals surface area contributed by atoms with Gasteiger partial charge in [-0.25, -0.2) is 0 Å². The Morgan fingerprint density at radius 2 is 2.07 bits per heavy atom. The van der Waals surface area contributed by atoms with E-state index in [0.717, 1.165) is 26.1 Å². The molecule has 1 saturated heterocycles. The number of carbonyl (C=O) groups is 2. The highest BCUT2D eigenvalue weighted by Crippen LogP contribution is 2.07. The molecule has 0 aromatic carbocycles. The maximum atomic E-state index is 11.7. The minimum absolute atomic E-state index is 0.00144. The summed E-state index contributed by atoms with van der Waals surface area (Å²) in [7, 11) is 0. The van der Waals surface area contributed by atoms with Gasteiger partial charge in [0.1, 0.15) is 6.04 Å². The van der Waals surface area contributed by atoms with Crippen molar-refractivity contribution in [2.24, 2.45) is 0 Å². The fourth-order valence-electron chi connectivity index (χ4n) is 1.92. The highest BCUT2D eigenvalue weighted by molar-refractivity contribution is 5.90. The van der Waals surface area contributed by atoms with Crippen LogP contribution in [0.2, 0.25) is 0 Å². The monoisotopic (exact) mass is 209 g/mol. The van der Waals surface area contributed by atoms with Crippen molar-refractivity contribution in [2.75, 3.05) is 26.2 Å². The van der Waals surface area contributed by atoms with Crippen molar-refractivity contribution in [1.82, 2.24) is 15.5 Å². The predicted molar refractivity (Wildman–Crippen MR) is 55.1 cm³/mol. The zero-order chi connectivity index (χ0) is 10.7. The van der Waals surface area contributed by atoms with Gasteiger partial charge < -0.3 is 10.6 Å². The molecule has 5 nitrogen and oxygen atoms in total. The van der Waals surface area contributed by atoms with Crippen LogP contribution in [-0.4, -0.2) is 48.9 Å². The largest absolute Gasteiger partial charge is 0.354 e. The summed E-state index contributed by atoms with van der Waals surface area (Å²) in [6.07, 6.45) is 4.08. The van der Waals surface area contributed by atoms with Crippen LogP contribution in [0.15, 0.2) is 12.2 Å². The van der Waals surface area contributed by atoms with Crippen LogP contribution in [0.4, 0.5) is 0 Å². The normalized spacial score (nSPS) is 30.3. The number of nitrogens with zero attached hydrogens (tertiary/aromatic N) is 1.